The van der Waals surface area contributed by atoms with E-state index >= 15 is 0 Å². The van der Waals surface area contributed by atoms with Gasteiger partial charge in [0.05, 0.1) is 12.5 Å². The van der Waals surface area contributed by atoms with Crippen LogP contribution in [0.1, 0.15) is 30.6 Å². The Morgan fingerprint density at radius 3 is 2.71 bits per heavy atom. The Balaban J connectivity index is 1.97. The van der Waals surface area contributed by atoms with Crippen LogP contribution in [-0.4, -0.2) is 37.2 Å². The van der Waals surface area contributed by atoms with Crippen molar-refractivity contribution in [2.45, 2.75) is 42.4 Å². The molecule has 2 unspecified atom stereocenters. The summed E-state index contributed by atoms with van der Waals surface area (Å²) in [5, 5.41) is 18.5. The number of aliphatic hydroxyl groups excluding tert-OH is 1. The molecule has 2 atom stereocenters. The van der Waals surface area contributed by atoms with Crippen LogP contribution >= 0.6 is 11.3 Å². The summed E-state index contributed by atoms with van der Waals surface area (Å²) in [5.41, 5.74) is 0. The van der Waals surface area contributed by atoms with E-state index in [0.29, 0.717) is 11.3 Å². The second-order valence-corrected chi connectivity index (χ2v) is 8.42. The molecule has 0 bridgehead atoms. The van der Waals surface area contributed by atoms with Crippen molar-refractivity contribution in [2.75, 3.05) is 6.54 Å². The summed E-state index contributed by atoms with van der Waals surface area (Å²) in [6.07, 6.45) is 2.89. The van der Waals surface area contributed by atoms with Crippen LogP contribution in [0.4, 0.5) is 0 Å². The molecule has 0 aromatic carbocycles. The fourth-order valence-electron chi connectivity index (χ4n) is 2.46. The zero-order valence-corrected chi connectivity index (χ0v) is 13.1. The molecule has 0 saturated heterocycles. The third-order valence-electron chi connectivity index (χ3n) is 3.63. The third kappa shape index (κ3) is 4.50. The molecule has 1 aliphatic rings. The molecule has 8 heteroatoms. The van der Waals surface area contributed by atoms with Crippen molar-refractivity contribution >= 4 is 27.3 Å². The summed E-state index contributed by atoms with van der Waals surface area (Å²) >= 11 is 0.962. The minimum Gasteiger partial charge on any atom is -0.481 e. The van der Waals surface area contributed by atoms with Crippen LogP contribution in [0.25, 0.3) is 0 Å². The molecular formula is C13H19NO5S2. The molecule has 0 spiro atoms. The first kappa shape index (κ1) is 16.4. The predicted molar refractivity (Wildman–Crippen MR) is 78.8 cm³/mol. The minimum atomic E-state index is -3.63. The molecule has 1 saturated carbocycles. The van der Waals surface area contributed by atoms with Gasteiger partial charge in [-0.2, -0.15) is 0 Å². The number of carboxylic acids is 1. The molecule has 3 N–H and O–H groups in total. The first-order valence-corrected chi connectivity index (χ1v) is 9.16. The molecule has 6 nitrogen and oxygen atoms in total. The fraction of sp³-hybridized carbons (Fsp3) is 0.615. The maximum atomic E-state index is 12.2. The number of aliphatic carboxylic acids is 1. The Morgan fingerprint density at radius 2 is 2.05 bits per heavy atom. The van der Waals surface area contributed by atoms with Gasteiger partial charge in [0, 0.05) is 11.4 Å². The zero-order chi connectivity index (χ0) is 15.5. The van der Waals surface area contributed by atoms with Crippen molar-refractivity contribution in [3.8, 4) is 0 Å². The number of hydrogen-bond acceptors (Lipinski definition) is 5. The molecule has 0 radical (unpaired) electrons. The van der Waals surface area contributed by atoms with Crippen LogP contribution < -0.4 is 4.72 Å². The Hall–Kier alpha value is -0.960. The summed E-state index contributed by atoms with van der Waals surface area (Å²) in [5.74, 6) is -1.04. The molecule has 118 valence electrons. The van der Waals surface area contributed by atoms with Crippen LogP contribution in [-0.2, 0) is 21.2 Å². The van der Waals surface area contributed by atoms with Gasteiger partial charge in [0.1, 0.15) is 4.21 Å². The average Bonchev–Trinajstić information content (AvgIpc) is 2.86. The van der Waals surface area contributed by atoms with Crippen molar-refractivity contribution in [3.63, 3.8) is 0 Å². The van der Waals surface area contributed by atoms with Gasteiger partial charge in [-0.25, -0.2) is 13.1 Å². The van der Waals surface area contributed by atoms with Gasteiger partial charge in [0.25, 0.3) is 0 Å². The second kappa shape index (κ2) is 6.87. The molecule has 2 rings (SSSR count). The van der Waals surface area contributed by atoms with Crippen molar-refractivity contribution < 1.29 is 23.4 Å². The molecule has 1 fully saturated rings. The van der Waals surface area contributed by atoms with E-state index in [0.717, 1.165) is 30.6 Å². The van der Waals surface area contributed by atoms with Gasteiger partial charge in [-0.15, -0.1) is 11.3 Å². The van der Waals surface area contributed by atoms with Crippen LogP contribution in [0, 0.1) is 5.92 Å². The van der Waals surface area contributed by atoms with Crippen LogP contribution in [0.5, 0.6) is 0 Å². The lowest BCUT2D eigenvalue weighted by Gasteiger charge is -2.27. The number of thiophene rings is 1. The van der Waals surface area contributed by atoms with Gasteiger partial charge in [-0.1, -0.05) is 12.8 Å². The number of rotatable bonds is 6. The van der Waals surface area contributed by atoms with Crippen molar-refractivity contribution in [3.05, 3.63) is 17.0 Å². The standard InChI is InChI=1S/C13H19NO5S2/c15-11-4-2-1-3-9(11)8-14-21(18,19)13-6-5-10(20-13)7-12(16)17/h5-6,9,11,14-15H,1-4,7-8H2,(H,16,17). The molecule has 1 aliphatic carbocycles. The number of nitrogens with one attached hydrogen (secondary N) is 1. The second-order valence-electron chi connectivity index (χ2n) is 5.26. The van der Waals surface area contributed by atoms with E-state index < -0.39 is 22.1 Å². The highest BCUT2D eigenvalue weighted by Crippen LogP contribution is 2.25. The van der Waals surface area contributed by atoms with E-state index in [-0.39, 0.29) is 23.1 Å². The van der Waals surface area contributed by atoms with E-state index in [4.69, 9.17) is 5.11 Å². The SMILES string of the molecule is O=C(O)Cc1ccc(S(=O)(=O)NCC2CCCCC2O)s1. The van der Waals surface area contributed by atoms with Crippen molar-refractivity contribution in [2.24, 2.45) is 5.92 Å². The van der Waals surface area contributed by atoms with Crippen LogP contribution in [0.2, 0.25) is 0 Å². The zero-order valence-electron chi connectivity index (χ0n) is 11.5. The molecule has 0 aliphatic heterocycles. The largest absolute Gasteiger partial charge is 0.481 e. The van der Waals surface area contributed by atoms with Gasteiger partial charge in [0.2, 0.25) is 10.0 Å². The highest BCUT2D eigenvalue weighted by atomic mass is 32.2. The topological polar surface area (TPSA) is 104 Å². The Labute approximate surface area is 127 Å². The van der Waals surface area contributed by atoms with Crippen molar-refractivity contribution in [1.82, 2.24) is 4.72 Å². The lowest BCUT2D eigenvalue weighted by Crippen LogP contribution is -2.36. The van der Waals surface area contributed by atoms with E-state index in [1.807, 2.05) is 0 Å². The molecular weight excluding hydrogens is 314 g/mol. The normalized spacial score (nSPS) is 23.1. The summed E-state index contributed by atoms with van der Waals surface area (Å²) < 4.78 is 26.9. The van der Waals surface area contributed by atoms with Gasteiger partial charge < -0.3 is 10.2 Å². The smallest absolute Gasteiger partial charge is 0.308 e. The first-order valence-electron chi connectivity index (χ1n) is 6.87. The van der Waals surface area contributed by atoms with Crippen LogP contribution in [0.15, 0.2) is 16.3 Å². The first-order chi connectivity index (χ1) is 9.88. The van der Waals surface area contributed by atoms with Gasteiger partial charge in [-0.05, 0) is 30.9 Å². The number of aliphatic hydroxyl groups is 1. The van der Waals surface area contributed by atoms with Gasteiger partial charge >= 0.3 is 5.97 Å². The quantitative estimate of drug-likeness (QED) is 0.726. The van der Waals surface area contributed by atoms with E-state index in [1.54, 1.807) is 0 Å². The Kier molecular flexibility index (Phi) is 5.37. The number of hydrogen-bond donors (Lipinski definition) is 3. The molecule has 21 heavy (non-hydrogen) atoms. The molecule has 1 aromatic heterocycles. The maximum absolute atomic E-state index is 12.2. The predicted octanol–water partition coefficient (Wildman–Crippen LogP) is 1.20. The van der Waals surface area contributed by atoms with Gasteiger partial charge in [0.15, 0.2) is 0 Å². The average molecular weight is 333 g/mol. The van der Waals surface area contributed by atoms with Crippen LogP contribution in [0.3, 0.4) is 0 Å². The lowest BCUT2D eigenvalue weighted by molar-refractivity contribution is -0.136. The minimum absolute atomic E-state index is 0.0491. The Bertz CT molecular complexity index is 595. The maximum Gasteiger partial charge on any atom is 0.308 e. The van der Waals surface area contributed by atoms with E-state index in [9.17, 15) is 18.3 Å². The molecule has 1 aromatic rings. The van der Waals surface area contributed by atoms with Crippen molar-refractivity contribution in [1.29, 1.82) is 0 Å². The number of carbonyl (C=O) groups is 1. The summed E-state index contributed by atoms with van der Waals surface area (Å²) in [7, 11) is -3.63. The lowest BCUT2D eigenvalue weighted by atomic mass is 9.87. The fourth-order valence-corrected chi connectivity index (χ4v) is 4.95. The highest BCUT2D eigenvalue weighted by Gasteiger charge is 2.25. The number of sulfonamides is 1. The Morgan fingerprint density at radius 1 is 1.33 bits per heavy atom. The summed E-state index contributed by atoms with van der Waals surface area (Å²) in [6, 6.07) is 2.94. The highest BCUT2D eigenvalue weighted by molar-refractivity contribution is 7.91. The molecule has 1 heterocycles. The van der Waals surface area contributed by atoms with E-state index in [1.165, 1.54) is 12.1 Å². The summed E-state index contributed by atoms with van der Waals surface area (Å²) in [6.45, 7) is 0.218. The summed E-state index contributed by atoms with van der Waals surface area (Å²) in [4.78, 5) is 11.1. The monoisotopic (exact) mass is 333 g/mol. The van der Waals surface area contributed by atoms with E-state index in [2.05, 4.69) is 4.72 Å². The third-order valence-corrected chi connectivity index (χ3v) is 6.63. The number of carboxylic acid groups (broad SMARTS) is 1. The molecule has 0 amide bonds. The van der Waals surface area contributed by atoms with Gasteiger partial charge in [-0.3, -0.25) is 4.79 Å².